The van der Waals surface area contributed by atoms with Crippen LogP contribution in [0.1, 0.15) is 105 Å². The molecule has 0 fully saturated rings. The van der Waals surface area contributed by atoms with E-state index >= 15 is 0 Å². The number of cyclic esters (lactones) is 1. The smallest absolute Gasteiger partial charge is 0.378 e. The summed E-state index contributed by atoms with van der Waals surface area (Å²) >= 11 is 0. The van der Waals surface area contributed by atoms with Crippen LogP contribution in [-0.2, 0) is 19.1 Å². The first-order chi connectivity index (χ1) is 16.8. The van der Waals surface area contributed by atoms with Gasteiger partial charge in [-0.2, -0.15) is 0 Å². The Hall–Kier alpha value is -2.35. The van der Waals surface area contributed by atoms with Gasteiger partial charge in [0.05, 0.1) is 0 Å². The number of ketones is 1. The van der Waals surface area contributed by atoms with Gasteiger partial charge in [0.25, 0.3) is 5.60 Å². The molecule has 206 valence electrons. The standard InChI is InChI=1S/C28H46O8/c1-18(2)10-6-11-19(3)12-7-13-20(4)14-8-15-21(5)16-9-17-22(29)28(25(32)26(33)34)24(31)23(30)27(35)36-28/h16,18-20,25,30-32H,6-15,17H2,1-5H3,(H,33,34)/t19?,20?,25-,28-/m0/s1. The lowest BCUT2D eigenvalue weighted by Gasteiger charge is -2.28. The molecule has 1 rings (SSSR count). The molecule has 1 aliphatic rings. The van der Waals surface area contributed by atoms with E-state index < -0.39 is 40.9 Å². The van der Waals surface area contributed by atoms with Crippen LogP contribution in [0.2, 0.25) is 0 Å². The minimum Gasteiger partial charge on any atom is -0.504 e. The predicted octanol–water partition coefficient (Wildman–Crippen LogP) is 5.79. The van der Waals surface area contributed by atoms with E-state index in [1.807, 2.05) is 13.0 Å². The third kappa shape index (κ3) is 9.26. The Kier molecular flexibility index (Phi) is 13.2. The number of carboxylic acids is 1. The van der Waals surface area contributed by atoms with Gasteiger partial charge in [0.1, 0.15) is 0 Å². The Morgan fingerprint density at radius 3 is 1.92 bits per heavy atom. The second kappa shape index (κ2) is 15.0. The SMILES string of the molecule is CC(=CCCC(=O)[C@]1([C@@H](O)C(=O)O)OC(=O)C(O)=C1O)CCCC(C)CCCC(C)CCCC(C)C. The molecule has 2 unspecified atom stereocenters. The number of aliphatic hydroxyl groups excluding tert-OH is 3. The number of aliphatic carboxylic acids is 1. The molecule has 4 atom stereocenters. The molecule has 1 heterocycles. The van der Waals surface area contributed by atoms with Gasteiger partial charge < -0.3 is 25.2 Å². The summed E-state index contributed by atoms with van der Waals surface area (Å²) in [4.78, 5) is 35.5. The molecule has 0 radical (unpaired) electrons. The van der Waals surface area contributed by atoms with E-state index in [-0.39, 0.29) is 12.8 Å². The zero-order chi connectivity index (χ0) is 27.5. The van der Waals surface area contributed by atoms with Crippen molar-refractivity contribution in [3.05, 3.63) is 23.2 Å². The first kappa shape index (κ1) is 31.7. The Labute approximate surface area is 215 Å². The topological polar surface area (TPSA) is 141 Å². The van der Waals surface area contributed by atoms with Gasteiger partial charge in [0.2, 0.25) is 11.9 Å². The number of ether oxygens (including phenoxy) is 1. The molecule has 36 heavy (non-hydrogen) atoms. The Balaban J connectivity index is 2.42. The number of carbonyl (C=O) groups is 3. The lowest BCUT2D eigenvalue weighted by atomic mass is 9.87. The maximum Gasteiger partial charge on any atom is 0.378 e. The van der Waals surface area contributed by atoms with Crippen molar-refractivity contribution in [1.82, 2.24) is 0 Å². The molecule has 8 heteroatoms. The van der Waals surface area contributed by atoms with E-state index in [1.165, 1.54) is 38.5 Å². The molecule has 4 N–H and O–H groups in total. The van der Waals surface area contributed by atoms with Crippen molar-refractivity contribution >= 4 is 17.7 Å². The molecule has 0 spiro atoms. The first-order valence-electron chi connectivity index (χ1n) is 13.3. The Morgan fingerprint density at radius 2 is 1.44 bits per heavy atom. The summed E-state index contributed by atoms with van der Waals surface area (Å²) in [5.74, 6) is -4.64. The highest BCUT2D eigenvalue weighted by Crippen LogP contribution is 2.36. The van der Waals surface area contributed by atoms with Crippen LogP contribution in [0.3, 0.4) is 0 Å². The highest BCUT2D eigenvalue weighted by atomic mass is 16.6. The van der Waals surface area contributed by atoms with Gasteiger partial charge in [-0.3, -0.25) is 4.79 Å². The van der Waals surface area contributed by atoms with Gasteiger partial charge in [0, 0.05) is 6.42 Å². The van der Waals surface area contributed by atoms with E-state index in [9.17, 15) is 29.7 Å². The summed E-state index contributed by atoms with van der Waals surface area (Å²) in [6.45, 7) is 11.1. The number of hydrogen-bond acceptors (Lipinski definition) is 7. The van der Waals surface area contributed by atoms with Crippen LogP contribution < -0.4 is 0 Å². The van der Waals surface area contributed by atoms with Crippen molar-refractivity contribution in [3.63, 3.8) is 0 Å². The minimum atomic E-state index is -2.82. The van der Waals surface area contributed by atoms with Crippen LogP contribution in [0, 0.1) is 17.8 Å². The lowest BCUT2D eigenvalue weighted by Crippen LogP contribution is -2.55. The average molecular weight is 511 g/mol. The van der Waals surface area contributed by atoms with E-state index in [2.05, 4.69) is 32.4 Å². The zero-order valence-corrected chi connectivity index (χ0v) is 22.6. The third-order valence-corrected chi connectivity index (χ3v) is 7.06. The zero-order valence-electron chi connectivity index (χ0n) is 22.6. The van der Waals surface area contributed by atoms with Gasteiger partial charge in [0.15, 0.2) is 11.5 Å². The quantitative estimate of drug-likeness (QED) is 0.134. The van der Waals surface area contributed by atoms with E-state index in [1.54, 1.807) is 0 Å². The minimum absolute atomic E-state index is 0.217. The summed E-state index contributed by atoms with van der Waals surface area (Å²) in [6, 6.07) is 0. The van der Waals surface area contributed by atoms with E-state index in [0.717, 1.165) is 36.7 Å². The normalized spacial score (nSPS) is 21.0. The van der Waals surface area contributed by atoms with Crippen molar-refractivity contribution in [2.75, 3.05) is 0 Å². The van der Waals surface area contributed by atoms with Crippen molar-refractivity contribution < 1.29 is 39.5 Å². The van der Waals surface area contributed by atoms with E-state index in [4.69, 9.17) is 5.11 Å². The van der Waals surface area contributed by atoms with Crippen LogP contribution >= 0.6 is 0 Å². The summed E-state index contributed by atoms with van der Waals surface area (Å²) in [5, 5.41) is 38.7. The Morgan fingerprint density at radius 1 is 0.917 bits per heavy atom. The summed E-state index contributed by atoms with van der Waals surface area (Å²) in [5.41, 5.74) is -1.75. The number of aliphatic hydroxyl groups is 3. The van der Waals surface area contributed by atoms with Gasteiger partial charge in [-0.15, -0.1) is 0 Å². The predicted molar refractivity (Wildman–Crippen MR) is 137 cm³/mol. The largest absolute Gasteiger partial charge is 0.504 e. The van der Waals surface area contributed by atoms with Gasteiger partial charge in [-0.1, -0.05) is 84.3 Å². The number of esters is 1. The number of allylic oxidation sites excluding steroid dienone is 2. The summed E-state index contributed by atoms with van der Waals surface area (Å²) < 4.78 is 4.67. The van der Waals surface area contributed by atoms with Gasteiger partial charge >= 0.3 is 11.9 Å². The molecule has 0 aromatic rings. The highest BCUT2D eigenvalue weighted by molar-refractivity contribution is 6.04. The molecule has 0 aliphatic carbocycles. The number of carbonyl (C=O) groups excluding carboxylic acids is 2. The lowest BCUT2D eigenvalue weighted by molar-refractivity contribution is -0.180. The van der Waals surface area contributed by atoms with Crippen molar-refractivity contribution in [1.29, 1.82) is 0 Å². The molecular weight excluding hydrogens is 464 g/mol. The van der Waals surface area contributed by atoms with Crippen LogP contribution in [0.4, 0.5) is 0 Å². The van der Waals surface area contributed by atoms with Crippen LogP contribution in [0.25, 0.3) is 0 Å². The fourth-order valence-corrected chi connectivity index (χ4v) is 4.66. The summed E-state index contributed by atoms with van der Waals surface area (Å²) in [7, 11) is 0. The molecule has 8 nitrogen and oxygen atoms in total. The maximum absolute atomic E-state index is 12.7. The molecule has 0 saturated carbocycles. The van der Waals surface area contributed by atoms with Crippen molar-refractivity contribution in [2.45, 2.75) is 117 Å². The third-order valence-electron chi connectivity index (χ3n) is 7.06. The second-order valence-electron chi connectivity index (χ2n) is 10.9. The number of hydrogen-bond donors (Lipinski definition) is 4. The average Bonchev–Trinajstić information content (AvgIpc) is 3.02. The second-order valence-corrected chi connectivity index (χ2v) is 10.9. The van der Waals surface area contributed by atoms with Gasteiger partial charge in [-0.05, 0) is 43.9 Å². The molecule has 1 aliphatic heterocycles. The summed E-state index contributed by atoms with van der Waals surface area (Å²) in [6.07, 6.45) is 9.97. The first-order valence-corrected chi connectivity index (χ1v) is 13.3. The Bertz CT molecular complexity index is 812. The molecular formula is C28H46O8. The van der Waals surface area contributed by atoms with Crippen molar-refractivity contribution in [3.8, 4) is 0 Å². The maximum atomic E-state index is 12.7. The van der Waals surface area contributed by atoms with Crippen LogP contribution in [0.15, 0.2) is 23.2 Å². The fraction of sp³-hybridized carbons (Fsp3) is 0.750. The molecule has 0 saturated heterocycles. The number of rotatable bonds is 18. The van der Waals surface area contributed by atoms with E-state index in [0.29, 0.717) is 5.92 Å². The number of Topliss-reactive ketones (excluding diaryl/α,β-unsaturated/α-hetero) is 1. The molecule has 0 bridgehead atoms. The van der Waals surface area contributed by atoms with Crippen molar-refractivity contribution in [2.24, 2.45) is 17.8 Å². The highest BCUT2D eigenvalue weighted by Gasteiger charge is 2.61. The molecule has 0 aromatic carbocycles. The molecule has 0 aromatic heterocycles. The van der Waals surface area contributed by atoms with Crippen LogP contribution in [0.5, 0.6) is 0 Å². The molecule has 0 amide bonds. The fourth-order valence-electron chi connectivity index (χ4n) is 4.66. The number of carboxylic acid groups (broad SMARTS) is 1. The van der Waals surface area contributed by atoms with Gasteiger partial charge in [-0.25, -0.2) is 9.59 Å². The van der Waals surface area contributed by atoms with Crippen LogP contribution in [-0.4, -0.2) is 49.9 Å². The monoisotopic (exact) mass is 510 g/mol.